The van der Waals surface area contributed by atoms with E-state index in [1.54, 1.807) is 19.1 Å². The summed E-state index contributed by atoms with van der Waals surface area (Å²) in [5.74, 6) is 1.01. The number of pyridine rings is 1. The third kappa shape index (κ3) is 3.50. The smallest absolute Gasteiger partial charge is 0.416 e. The van der Waals surface area contributed by atoms with E-state index < -0.39 is 11.7 Å². The number of halogens is 3. The van der Waals surface area contributed by atoms with Gasteiger partial charge >= 0.3 is 6.18 Å². The van der Waals surface area contributed by atoms with Crippen molar-refractivity contribution in [3.05, 3.63) is 53.7 Å². The van der Waals surface area contributed by atoms with Crippen LogP contribution in [0.25, 0.3) is 0 Å². The zero-order chi connectivity index (χ0) is 16.3. The molecule has 0 N–H and O–H groups in total. The predicted molar refractivity (Wildman–Crippen MR) is 79.1 cm³/mol. The van der Waals surface area contributed by atoms with Gasteiger partial charge in [0.25, 0.3) is 0 Å². The van der Waals surface area contributed by atoms with Crippen molar-refractivity contribution in [3.63, 3.8) is 0 Å². The number of nitrogens with zero attached hydrogens (tertiary/aromatic N) is 2. The summed E-state index contributed by atoms with van der Waals surface area (Å²) in [5.41, 5.74) is 0.258. The van der Waals surface area contributed by atoms with Crippen molar-refractivity contribution in [1.29, 1.82) is 0 Å². The van der Waals surface area contributed by atoms with Crippen molar-refractivity contribution in [2.75, 3.05) is 19.1 Å². The van der Waals surface area contributed by atoms with E-state index >= 15 is 0 Å². The molecule has 3 nitrogen and oxygen atoms in total. The first kappa shape index (κ1) is 16.1. The molecule has 1 aromatic heterocycles. The first-order chi connectivity index (χ1) is 10.3. The maximum atomic E-state index is 12.8. The van der Waals surface area contributed by atoms with Crippen LogP contribution in [0.15, 0.2) is 42.6 Å². The Balaban J connectivity index is 2.24. The van der Waals surface area contributed by atoms with Crippen LogP contribution in [-0.4, -0.2) is 19.1 Å². The Hall–Kier alpha value is -2.24. The molecule has 0 radical (unpaired) electrons. The van der Waals surface area contributed by atoms with Crippen molar-refractivity contribution in [3.8, 4) is 5.75 Å². The maximum Gasteiger partial charge on any atom is 0.416 e. The number of anilines is 1. The van der Waals surface area contributed by atoms with Gasteiger partial charge in [0.2, 0.25) is 0 Å². The standard InChI is InChI=1S/C16H17F3N2O/c1-11(12-4-6-14(22-3)7-5-12)21(2)15-10-13(8-9-20-15)16(17,18)19/h4-11H,1-3H3. The number of ether oxygens (including phenoxy) is 1. The second kappa shape index (κ2) is 6.25. The van der Waals surface area contributed by atoms with Crippen LogP contribution < -0.4 is 9.64 Å². The molecule has 6 heteroatoms. The number of methoxy groups -OCH3 is 1. The minimum Gasteiger partial charge on any atom is -0.497 e. The molecule has 0 bridgehead atoms. The van der Waals surface area contributed by atoms with Crippen molar-refractivity contribution in [2.45, 2.75) is 19.1 Å². The molecule has 0 saturated carbocycles. The highest BCUT2D eigenvalue weighted by atomic mass is 19.4. The lowest BCUT2D eigenvalue weighted by Crippen LogP contribution is -2.23. The molecule has 0 aliphatic heterocycles. The van der Waals surface area contributed by atoms with Gasteiger partial charge in [-0.1, -0.05) is 12.1 Å². The average Bonchev–Trinajstić information content (AvgIpc) is 2.53. The molecule has 0 fully saturated rings. The van der Waals surface area contributed by atoms with E-state index in [4.69, 9.17) is 4.74 Å². The number of alkyl halides is 3. The first-order valence-corrected chi connectivity index (χ1v) is 6.73. The summed E-state index contributed by atoms with van der Waals surface area (Å²) in [4.78, 5) is 5.74. The van der Waals surface area contributed by atoms with Gasteiger partial charge in [-0.05, 0) is 36.8 Å². The van der Waals surface area contributed by atoms with Gasteiger partial charge in [-0.15, -0.1) is 0 Å². The van der Waals surface area contributed by atoms with E-state index in [2.05, 4.69) is 4.98 Å². The van der Waals surface area contributed by atoms with Gasteiger partial charge in [0.1, 0.15) is 11.6 Å². The van der Waals surface area contributed by atoms with Crippen LogP contribution >= 0.6 is 0 Å². The van der Waals surface area contributed by atoms with Crippen LogP contribution in [0.2, 0.25) is 0 Å². The normalized spacial score (nSPS) is 12.8. The molecule has 1 atom stereocenters. The number of hydrogen-bond donors (Lipinski definition) is 0. The number of hydrogen-bond acceptors (Lipinski definition) is 3. The Morgan fingerprint density at radius 2 is 1.77 bits per heavy atom. The molecule has 1 unspecified atom stereocenters. The zero-order valence-electron chi connectivity index (χ0n) is 12.6. The molecule has 1 aromatic carbocycles. The van der Waals surface area contributed by atoms with E-state index in [1.165, 1.54) is 6.20 Å². The molecular weight excluding hydrogens is 293 g/mol. The van der Waals surface area contributed by atoms with Crippen molar-refractivity contribution >= 4 is 5.82 Å². The van der Waals surface area contributed by atoms with E-state index in [-0.39, 0.29) is 11.9 Å². The number of aromatic nitrogens is 1. The van der Waals surface area contributed by atoms with Gasteiger partial charge in [-0.3, -0.25) is 0 Å². The minimum atomic E-state index is -4.37. The van der Waals surface area contributed by atoms with Crippen molar-refractivity contribution in [2.24, 2.45) is 0 Å². The quantitative estimate of drug-likeness (QED) is 0.841. The molecule has 0 aliphatic carbocycles. The van der Waals surface area contributed by atoms with Crippen molar-refractivity contribution in [1.82, 2.24) is 4.98 Å². The fourth-order valence-corrected chi connectivity index (χ4v) is 2.09. The van der Waals surface area contributed by atoms with Gasteiger partial charge in [0, 0.05) is 13.2 Å². The molecular formula is C16H17F3N2O. The Bertz CT molecular complexity index is 626. The predicted octanol–water partition coefficient (Wildman–Crippen LogP) is 4.31. The fraction of sp³-hybridized carbons (Fsp3) is 0.312. The lowest BCUT2D eigenvalue weighted by Gasteiger charge is -2.27. The Morgan fingerprint density at radius 1 is 1.14 bits per heavy atom. The van der Waals surface area contributed by atoms with Gasteiger partial charge in [-0.25, -0.2) is 4.98 Å². The van der Waals surface area contributed by atoms with Crippen LogP contribution in [0, 0.1) is 0 Å². The van der Waals surface area contributed by atoms with Gasteiger partial charge < -0.3 is 9.64 Å². The maximum absolute atomic E-state index is 12.8. The third-order valence-electron chi connectivity index (χ3n) is 3.61. The summed E-state index contributed by atoms with van der Waals surface area (Å²) >= 11 is 0. The molecule has 0 aliphatic rings. The van der Waals surface area contributed by atoms with Gasteiger partial charge in [0.05, 0.1) is 18.7 Å². The van der Waals surface area contributed by atoms with Crippen LogP contribution in [0.5, 0.6) is 5.75 Å². The van der Waals surface area contributed by atoms with Crippen molar-refractivity contribution < 1.29 is 17.9 Å². The highest BCUT2D eigenvalue weighted by Gasteiger charge is 2.31. The molecule has 0 saturated heterocycles. The minimum absolute atomic E-state index is 0.123. The summed E-state index contributed by atoms with van der Waals surface area (Å²) in [7, 11) is 3.30. The van der Waals surface area contributed by atoms with E-state index in [1.807, 2.05) is 31.2 Å². The SMILES string of the molecule is COc1ccc(C(C)N(C)c2cc(C(F)(F)F)ccn2)cc1. The number of rotatable bonds is 4. The van der Waals surface area contributed by atoms with E-state index in [0.717, 1.165) is 23.4 Å². The second-order valence-corrected chi connectivity index (χ2v) is 4.96. The summed E-state index contributed by atoms with van der Waals surface area (Å²) in [6.07, 6.45) is -3.20. The number of benzene rings is 1. The first-order valence-electron chi connectivity index (χ1n) is 6.73. The van der Waals surface area contributed by atoms with Crippen LogP contribution in [0.3, 0.4) is 0 Å². The summed E-state index contributed by atoms with van der Waals surface area (Å²) in [5, 5.41) is 0. The molecule has 1 heterocycles. The lowest BCUT2D eigenvalue weighted by molar-refractivity contribution is -0.137. The average molecular weight is 310 g/mol. The highest BCUT2D eigenvalue weighted by molar-refractivity contribution is 5.44. The Kier molecular flexibility index (Phi) is 4.59. The second-order valence-electron chi connectivity index (χ2n) is 4.96. The van der Waals surface area contributed by atoms with Crippen LogP contribution in [0.1, 0.15) is 24.1 Å². The van der Waals surface area contributed by atoms with Gasteiger partial charge in [-0.2, -0.15) is 13.2 Å². The molecule has 0 amide bonds. The topological polar surface area (TPSA) is 25.4 Å². The summed E-state index contributed by atoms with van der Waals surface area (Å²) in [6.45, 7) is 1.91. The zero-order valence-corrected chi connectivity index (χ0v) is 12.6. The van der Waals surface area contributed by atoms with Crippen LogP contribution in [0.4, 0.5) is 19.0 Å². The molecule has 22 heavy (non-hydrogen) atoms. The highest BCUT2D eigenvalue weighted by Crippen LogP contribution is 2.32. The summed E-state index contributed by atoms with van der Waals surface area (Å²) < 4.78 is 43.4. The van der Waals surface area contributed by atoms with E-state index in [0.29, 0.717) is 0 Å². The largest absolute Gasteiger partial charge is 0.497 e. The Labute approximate surface area is 127 Å². The monoisotopic (exact) mass is 310 g/mol. The van der Waals surface area contributed by atoms with Crippen LogP contribution in [-0.2, 0) is 6.18 Å². The fourth-order valence-electron chi connectivity index (χ4n) is 2.09. The molecule has 118 valence electrons. The molecule has 2 rings (SSSR count). The third-order valence-corrected chi connectivity index (χ3v) is 3.61. The van der Waals surface area contributed by atoms with Gasteiger partial charge in [0.15, 0.2) is 0 Å². The Morgan fingerprint density at radius 3 is 2.32 bits per heavy atom. The van der Waals surface area contributed by atoms with E-state index in [9.17, 15) is 13.2 Å². The summed E-state index contributed by atoms with van der Waals surface area (Å²) in [6, 6.07) is 9.30. The molecule has 2 aromatic rings. The lowest BCUT2D eigenvalue weighted by atomic mass is 10.1. The molecule has 0 spiro atoms.